The predicted molar refractivity (Wildman–Crippen MR) is 79.1 cm³/mol. The average Bonchev–Trinajstić information content (AvgIpc) is 2.85. The molecule has 0 radical (unpaired) electrons. The molecule has 0 fully saturated rings. The van der Waals surface area contributed by atoms with E-state index in [0.717, 1.165) is 17.8 Å². The summed E-state index contributed by atoms with van der Waals surface area (Å²) in [5, 5.41) is 4.19. The monoisotopic (exact) mass is 306 g/mol. The zero-order chi connectivity index (χ0) is 16.1. The van der Waals surface area contributed by atoms with Crippen LogP contribution in [0.4, 0.5) is 8.78 Å². The summed E-state index contributed by atoms with van der Waals surface area (Å²) in [4.78, 5) is 12.0. The molecule has 2 rings (SSSR count). The Kier molecular flexibility index (Phi) is 5.04. The third-order valence-corrected chi connectivity index (χ3v) is 3.22. The largest absolute Gasteiger partial charge is 0.435 e. The second-order valence-electron chi connectivity index (χ2n) is 4.60. The minimum Gasteiger partial charge on any atom is -0.435 e. The number of aromatic nitrogens is 2. The minimum atomic E-state index is -2.88. The SMILES string of the molecule is CCn1ncc(C=CC(=O)c2ccc(OC(F)F)cc2)c1C. The van der Waals surface area contributed by atoms with E-state index >= 15 is 0 Å². The lowest BCUT2D eigenvalue weighted by atomic mass is 10.1. The van der Waals surface area contributed by atoms with E-state index in [1.807, 2.05) is 18.5 Å². The fourth-order valence-electron chi connectivity index (χ4n) is 2.01. The second kappa shape index (κ2) is 6.98. The van der Waals surface area contributed by atoms with Gasteiger partial charge in [0.05, 0.1) is 6.20 Å². The lowest BCUT2D eigenvalue weighted by Gasteiger charge is -2.04. The molecule has 4 nitrogen and oxygen atoms in total. The van der Waals surface area contributed by atoms with Gasteiger partial charge in [0.25, 0.3) is 0 Å². The number of rotatable bonds is 6. The highest BCUT2D eigenvalue weighted by Gasteiger charge is 2.07. The molecular weight excluding hydrogens is 290 g/mol. The summed E-state index contributed by atoms with van der Waals surface area (Å²) in [7, 11) is 0. The molecule has 1 aromatic heterocycles. The number of hydrogen-bond acceptors (Lipinski definition) is 3. The predicted octanol–water partition coefficient (Wildman–Crippen LogP) is 3.71. The molecule has 0 spiro atoms. The van der Waals surface area contributed by atoms with Gasteiger partial charge in [0.15, 0.2) is 5.78 Å². The van der Waals surface area contributed by atoms with E-state index in [2.05, 4.69) is 9.84 Å². The van der Waals surface area contributed by atoms with Gasteiger partial charge < -0.3 is 4.74 Å². The molecule has 0 saturated carbocycles. The number of alkyl halides is 2. The van der Waals surface area contributed by atoms with Crippen LogP contribution >= 0.6 is 0 Å². The molecule has 116 valence electrons. The molecule has 0 saturated heterocycles. The number of carbonyl (C=O) groups is 1. The summed E-state index contributed by atoms with van der Waals surface area (Å²) in [6.45, 7) is 1.80. The quantitative estimate of drug-likeness (QED) is 0.603. The van der Waals surface area contributed by atoms with Gasteiger partial charge in [0.2, 0.25) is 0 Å². The van der Waals surface area contributed by atoms with Crippen molar-refractivity contribution in [2.24, 2.45) is 0 Å². The number of aryl methyl sites for hydroxylation is 1. The van der Waals surface area contributed by atoms with Crippen LogP contribution in [0.2, 0.25) is 0 Å². The molecule has 0 atom stereocenters. The van der Waals surface area contributed by atoms with Crippen LogP contribution in [-0.4, -0.2) is 22.2 Å². The van der Waals surface area contributed by atoms with Crippen LogP contribution in [0.15, 0.2) is 36.5 Å². The van der Waals surface area contributed by atoms with Crippen LogP contribution in [0.5, 0.6) is 5.75 Å². The molecule has 1 aromatic carbocycles. The number of benzene rings is 1. The molecule has 0 aliphatic carbocycles. The lowest BCUT2D eigenvalue weighted by molar-refractivity contribution is -0.0498. The number of allylic oxidation sites excluding steroid dienone is 1. The summed E-state index contributed by atoms with van der Waals surface area (Å²) < 4.78 is 30.2. The average molecular weight is 306 g/mol. The van der Waals surface area contributed by atoms with Gasteiger partial charge in [-0.2, -0.15) is 13.9 Å². The van der Waals surface area contributed by atoms with Crippen LogP contribution < -0.4 is 4.74 Å². The Morgan fingerprint density at radius 3 is 2.59 bits per heavy atom. The molecule has 0 amide bonds. The van der Waals surface area contributed by atoms with E-state index in [0.29, 0.717) is 5.56 Å². The van der Waals surface area contributed by atoms with Crippen molar-refractivity contribution in [3.8, 4) is 5.75 Å². The molecule has 0 unspecified atom stereocenters. The highest BCUT2D eigenvalue weighted by atomic mass is 19.3. The van der Waals surface area contributed by atoms with E-state index in [4.69, 9.17) is 0 Å². The molecule has 1 heterocycles. The number of ketones is 1. The van der Waals surface area contributed by atoms with Crippen LogP contribution in [0.1, 0.15) is 28.5 Å². The number of halogens is 2. The van der Waals surface area contributed by atoms with Crippen LogP contribution in [-0.2, 0) is 6.54 Å². The molecule has 0 bridgehead atoms. The Bertz CT molecular complexity index is 676. The second-order valence-corrected chi connectivity index (χ2v) is 4.60. The first kappa shape index (κ1) is 15.9. The highest BCUT2D eigenvalue weighted by molar-refractivity contribution is 6.06. The van der Waals surface area contributed by atoms with E-state index in [9.17, 15) is 13.6 Å². The summed E-state index contributed by atoms with van der Waals surface area (Å²) >= 11 is 0. The first-order valence-corrected chi connectivity index (χ1v) is 6.81. The van der Waals surface area contributed by atoms with Gasteiger partial charge in [0.1, 0.15) is 5.75 Å². The first-order valence-electron chi connectivity index (χ1n) is 6.81. The van der Waals surface area contributed by atoms with Crippen molar-refractivity contribution in [1.29, 1.82) is 0 Å². The Morgan fingerprint density at radius 2 is 2.05 bits per heavy atom. The van der Waals surface area contributed by atoms with Gasteiger partial charge >= 0.3 is 6.61 Å². The fourth-order valence-corrected chi connectivity index (χ4v) is 2.01. The summed E-state index contributed by atoms with van der Waals surface area (Å²) in [5.41, 5.74) is 2.25. The molecule has 22 heavy (non-hydrogen) atoms. The fraction of sp³-hybridized carbons (Fsp3) is 0.250. The smallest absolute Gasteiger partial charge is 0.387 e. The number of ether oxygens (including phenoxy) is 1. The van der Waals surface area contributed by atoms with Gasteiger partial charge in [-0.3, -0.25) is 9.48 Å². The minimum absolute atomic E-state index is 0.0237. The van der Waals surface area contributed by atoms with Gasteiger partial charge in [-0.05, 0) is 50.3 Å². The summed E-state index contributed by atoms with van der Waals surface area (Å²) in [5.74, 6) is -0.192. The molecule has 2 aromatic rings. The van der Waals surface area contributed by atoms with Gasteiger partial charge in [-0.1, -0.05) is 0 Å². The van der Waals surface area contributed by atoms with Gasteiger partial charge in [0, 0.05) is 23.4 Å². The summed E-state index contributed by atoms with van der Waals surface area (Å²) in [6.07, 6.45) is 4.83. The Morgan fingerprint density at radius 1 is 1.36 bits per heavy atom. The first-order chi connectivity index (χ1) is 10.5. The Balaban J connectivity index is 2.08. The Hall–Kier alpha value is -2.50. The lowest BCUT2D eigenvalue weighted by Crippen LogP contribution is -2.02. The van der Waals surface area contributed by atoms with Crippen molar-refractivity contribution in [3.05, 3.63) is 53.4 Å². The van der Waals surface area contributed by atoms with Crippen LogP contribution in [0, 0.1) is 6.92 Å². The van der Waals surface area contributed by atoms with Crippen molar-refractivity contribution in [1.82, 2.24) is 9.78 Å². The molecule has 0 N–H and O–H groups in total. The van der Waals surface area contributed by atoms with Gasteiger partial charge in [-0.25, -0.2) is 0 Å². The highest BCUT2D eigenvalue weighted by Crippen LogP contribution is 2.16. The molecule has 0 aliphatic rings. The normalized spacial score (nSPS) is 11.3. The maximum atomic E-state index is 12.0. The van der Waals surface area contributed by atoms with Crippen molar-refractivity contribution >= 4 is 11.9 Å². The van der Waals surface area contributed by atoms with E-state index < -0.39 is 6.61 Å². The van der Waals surface area contributed by atoms with Crippen molar-refractivity contribution in [2.75, 3.05) is 0 Å². The van der Waals surface area contributed by atoms with Crippen molar-refractivity contribution < 1.29 is 18.3 Å². The molecule has 6 heteroatoms. The van der Waals surface area contributed by atoms with Crippen molar-refractivity contribution in [2.45, 2.75) is 27.0 Å². The zero-order valence-corrected chi connectivity index (χ0v) is 12.3. The topological polar surface area (TPSA) is 44.1 Å². The Labute approximate surface area is 127 Å². The third kappa shape index (κ3) is 3.78. The van der Waals surface area contributed by atoms with E-state index in [-0.39, 0.29) is 11.5 Å². The number of hydrogen-bond donors (Lipinski definition) is 0. The van der Waals surface area contributed by atoms with Crippen LogP contribution in [0.3, 0.4) is 0 Å². The van der Waals surface area contributed by atoms with Gasteiger partial charge in [-0.15, -0.1) is 0 Å². The number of nitrogens with zero attached hydrogens (tertiary/aromatic N) is 2. The molecule has 0 aliphatic heterocycles. The standard InChI is InChI=1S/C16H16F2N2O2/c1-3-20-11(2)13(10-19-20)6-9-15(21)12-4-7-14(8-5-12)22-16(17)18/h4-10,16H,3H2,1-2H3. The number of carbonyl (C=O) groups excluding carboxylic acids is 1. The summed E-state index contributed by atoms with van der Waals surface area (Å²) in [6, 6.07) is 5.58. The van der Waals surface area contributed by atoms with Crippen LogP contribution in [0.25, 0.3) is 6.08 Å². The van der Waals surface area contributed by atoms with E-state index in [1.165, 1.54) is 30.3 Å². The van der Waals surface area contributed by atoms with E-state index in [1.54, 1.807) is 12.3 Å². The third-order valence-electron chi connectivity index (χ3n) is 3.22. The maximum Gasteiger partial charge on any atom is 0.387 e. The van der Waals surface area contributed by atoms with Crippen molar-refractivity contribution in [3.63, 3.8) is 0 Å². The molecular formula is C16H16F2N2O2. The maximum absolute atomic E-state index is 12.0. The zero-order valence-electron chi connectivity index (χ0n) is 12.3.